The molecule has 1 aliphatic rings. The normalized spacial score (nSPS) is 18.0. The van der Waals surface area contributed by atoms with E-state index in [9.17, 15) is 4.79 Å². The molecule has 0 aromatic heterocycles. The van der Waals surface area contributed by atoms with Crippen molar-refractivity contribution in [1.29, 1.82) is 0 Å². The minimum Gasteiger partial charge on any atom is -0.484 e. The minimum atomic E-state index is -0.320. The van der Waals surface area contributed by atoms with Gasteiger partial charge in [0.25, 0.3) is 5.91 Å². The van der Waals surface area contributed by atoms with Gasteiger partial charge in [0.05, 0.1) is 6.21 Å². The molecule has 148 valence electrons. The Morgan fingerprint density at radius 3 is 2.75 bits per heavy atom. The molecule has 0 bridgehead atoms. The van der Waals surface area contributed by atoms with E-state index in [1.54, 1.807) is 30.5 Å². The summed E-state index contributed by atoms with van der Waals surface area (Å²) < 4.78 is 5.40. The van der Waals surface area contributed by atoms with Gasteiger partial charge in [0.1, 0.15) is 5.75 Å². The van der Waals surface area contributed by atoms with Gasteiger partial charge in [0.2, 0.25) is 0 Å². The number of carbonyl (C=O) groups is 1. The Morgan fingerprint density at radius 1 is 1.32 bits per heavy atom. The number of fused-ring (bicyclic) bond motifs is 1. The molecule has 1 N–H and O–H groups in total. The molecule has 2 aromatic carbocycles. The number of rotatable bonds is 5. The standard InChI is InChI=1S/C22H26ClN3O2/c1-15-12-22(2,3)26(4)20-10-5-16(11-19(15)20)13-24-25-21(27)14-28-18-8-6-17(23)7-9-18/h5-11,13,15H,12,14H2,1-4H3,(H,25,27)/b24-13-/t15-/m1/s1. The van der Waals surface area contributed by atoms with Crippen molar-refractivity contribution in [2.24, 2.45) is 5.10 Å². The van der Waals surface area contributed by atoms with Crippen LogP contribution in [0.3, 0.4) is 0 Å². The molecule has 0 spiro atoms. The van der Waals surface area contributed by atoms with Crippen LogP contribution in [-0.4, -0.2) is 31.3 Å². The highest BCUT2D eigenvalue weighted by Crippen LogP contribution is 2.42. The number of hydrazone groups is 1. The van der Waals surface area contributed by atoms with Crippen molar-refractivity contribution >= 4 is 29.4 Å². The summed E-state index contributed by atoms with van der Waals surface area (Å²) in [6.07, 6.45) is 2.75. The van der Waals surface area contributed by atoms with E-state index in [0.29, 0.717) is 16.7 Å². The van der Waals surface area contributed by atoms with Crippen LogP contribution < -0.4 is 15.1 Å². The molecule has 0 fully saturated rings. The fourth-order valence-electron chi connectivity index (χ4n) is 3.57. The van der Waals surface area contributed by atoms with E-state index in [1.807, 2.05) is 6.07 Å². The van der Waals surface area contributed by atoms with Gasteiger partial charge in [-0.3, -0.25) is 4.79 Å². The highest BCUT2D eigenvalue weighted by Gasteiger charge is 2.33. The van der Waals surface area contributed by atoms with Gasteiger partial charge in [-0.05, 0) is 73.7 Å². The molecule has 2 aromatic rings. The first-order valence-electron chi connectivity index (χ1n) is 9.34. The summed E-state index contributed by atoms with van der Waals surface area (Å²) in [5, 5.41) is 4.67. The zero-order valence-electron chi connectivity index (χ0n) is 16.7. The average Bonchev–Trinajstić information content (AvgIpc) is 2.65. The lowest BCUT2D eigenvalue weighted by Gasteiger charge is -2.45. The number of ether oxygens (including phenoxy) is 1. The Hall–Kier alpha value is -2.53. The second-order valence-electron chi connectivity index (χ2n) is 7.83. The molecule has 0 aliphatic carbocycles. The van der Waals surface area contributed by atoms with E-state index in [1.165, 1.54) is 11.3 Å². The van der Waals surface area contributed by atoms with Gasteiger partial charge in [-0.25, -0.2) is 5.43 Å². The smallest absolute Gasteiger partial charge is 0.277 e. The van der Waals surface area contributed by atoms with Crippen LogP contribution in [0.4, 0.5) is 5.69 Å². The molecule has 3 rings (SSSR count). The predicted octanol–water partition coefficient (Wildman–Crippen LogP) is 4.59. The molecular weight excluding hydrogens is 374 g/mol. The summed E-state index contributed by atoms with van der Waals surface area (Å²) in [7, 11) is 2.14. The van der Waals surface area contributed by atoms with Crippen molar-refractivity contribution < 1.29 is 9.53 Å². The molecule has 0 saturated carbocycles. The second kappa shape index (κ2) is 8.23. The number of nitrogens with one attached hydrogen (secondary N) is 1. The van der Waals surface area contributed by atoms with Crippen molar-refractivity contribution in [2.75, 3.05) is 18.6 Å². The minimum absolute atomic E-state index is 0.111. The third-order valence-corrected chi connectivity index (χ3v) is 5.50. The van der Waals surface area contributed by atoms with Crippen molar-refractivity contribution in [3.8, 4) is 5.75 Å². The van der Waals surface area contributed by atoms with Crippen molar-refractivity contribution in [2.45, 2.75) is 38.6 Å². The van der Waals surface area contributed by atoms with Crippen LogP contribution in [0.2, 0.25) is 5.02 Å². The lowest BCUT2D eigenvalue weighted by Crippen LogP contribution is -2.45. The zero-order chi connectivity index (χ0) is 20.3. The van der Waals surface area contributed by atoms with Crippen molar-refractivity contribution in [3.63, 3.8) is 0 Å². The Balaban J connectivity index is 1.58. The first kappa shape index (κ1) is 20.2. The molecule has 1 heterocycles. The molecule has 28 heavy (non-hydrogen) atoms. The summed E-state index contributed by atoms with van der Waals surface area (Å²) >= 11 is 5.82. The number of hydrogen-bond acceptors (Lipinski definition) is 4. The maximum Gasteiger partial charge on any atom is 0.277 e. The Bertz CT molecular complexity index is 878. The summed E-state index contributed by atoms with van der Waals surface area (Å²) in [5.74, 6) is 0.732. The Labute approximate surface area is 171 Å². The number of anilines is 1. The van der Waals surface area contributed by atoms with E-state index >= 15 is 0 Å². The summed E-state index contributed by atoms with van der Waals surface area (Å²) in [6, 6.07) is 13.1. The van der Waals surface area contributed by atoms with E-state index in [4.69, 9.17) is 16.3 Å². The van der Waals surface area contributed by atoms with Crippen molar-refractivity contribution in [3.05, 3.63) is 58.6 Å². The molecular formula is C22H26ClN3O2. The first-order chi connectivity index (χ1) is 13.3. The third-order valence-electron chi connectivity index (χ3n) is 5.24. The Kier molecular flexibility index (Phi) is 5.94. The highest BCUT2D eigenvalue weighted by atomic mass is 35.5. The quantitative estimate of drug-likeness (QED) is 0.590. The van der Waals surface area contributed by atoms with Gasteiger partial charge in [0, 0.05) is 23.3 Å². The maximum atomic E-state index is 11.9. The number of hydrogen-bond donors (Lipinski definition) is 1. The van der Waals surface area contributed by atoms with Crippen LogP contribution in [-0.2, 0) is 4.79 Å². The van der Waals surface area contributed by atoms with Crippen LogP contribution in [0.1, 0.15) is 44.2 Å². The fraction of sp³-hybridized carbons (Fsp3) is 0.364. The van der Waals surface area contributed by atoms with Gasteiger partial charge in [-0.1, -0.05) is 24.6 Å². The Morgan fingerprint density at radius 2 is 2.04 bits per heavy atom. The number of benzene rings is 2. The molecule has 6 heteroatoms. The van der Waals surface area contributed by atoms with Crippen LogP contribution in [0, 0.1) is 0 Å². The monoisotopic (exact) mass is 399 g/mol. The summed E-state index contributed by atoms with van der Waals surface area (Å²) in [4.78, 5) is 14.2. The first-order valence-corrected chi connectivity index (χ1v) is 9.72. The molecule has 0 saturated heterocycles. The van der Waals surface area contributed by atoms with E-state index in [2.05, 4.69) is 55.4 Å². The van der Waals surface area contributed by atoms with E-state index in [-0.39, 0.29) is 18.1 Å². The number of amides is 1. The number of carbonyl (C=O) groups excluding carboxylic acids is 1. The third kappa shape index (κ3) is 4.65. The van der Waals surface area contributed by atoms with Crippen LogP contribution in [0.15, 0.2) is 47.6 Å². The van der Waals surface area contributed by atoms with E-state index in [0.717, 1.165) is 12.0 Å². The fourth-order valence-corrected chi connectivity index (χ4v) is 3.69. The molecule has 5 nitrogen and oxygen atoms in total. The van der Waals surface area contributed by atoms with Gasteiger partial charge < -0.3 is 9.64 Å². The average molecular weight is 400 g/mol. The topological polar surface area (TPSA) is 53.9 Å². The van der Waals surface area contributed by atoms with Gasteiger partial charge in [0.15, 0.2) is 6.61 Å². The van der Waals surface area contributed by atoms with Gasteiger partial charge >= 0.3 is 0 Å². The van der Waals surface area contributed by atoms with E-state index < -0.39 is 0 Å². The summed E-state index contributed by atoms with van der Waals surface area (Å²) in [6.45, 7) is 6.68. The molecule has 0 radical (unpaired) electrons. The highest BCUT2D eigenvalue weighted by molar-refractivity contribution is 6.30. The molecule has 0 unspecified atom stereocenters. The van der Waals surface area contributed by atoms with Crippen LogP contribution in [0.25, 0.3) is 0 Å². The van der Waals surface area contributed by atoms with Crippen LogP contribution in [0.5, 0.6) is 5.75 Å². The maximum absolute atomic E-state index is 11.9. The molecule has 1 atom stereocenters. The number of nitrogens with zero attached hydrogens (tertiary/aromatic N) is 2. The molecule has 1 aliphatic heterocycles. The lowest BCUT2D eigenvalue weighted by molar-refractivity contribution is -0.123. The zero-order valence-corrected chi connectivity index (χ0v) is 17.5. The SMILES string of the molecule is C[C@@H]1CC(C)(C)N(C)c2ccc(/C=N\NC(=O)COc3ccc(Cl)cc3)cc21. The van der Waals surface area contributed by atoms with Crippen molar-refractivity contribution in [1.82, 2.24) is 5.43 Å². The second-order valence-corrected chi connectivity index (χ2v) is 8.27. The van der Waals surface area contributed by atoms with Gasteiger partial charge in [-0.15, -0.1) is 0 Å². The molecule has 1 amide bonds. The number of halogens is 1. The van der Waals surface area contributed by atoms with Crippen LogP contribution >= 0.6 is 11.6 Å². The lowest BCUT2D eigenvalue weighted by atomic mass is 9.80. The largest absolute Gasteiger partial charge is 0.484 e. The van der Waals surface area contributed by atoms with Gasteiger partial charge in [-0.2, -0.15) is 5.10 Å². The predicted molar refractivity (Wildman–Crippen MR) is 115 cm³/mol. The summed E-state index contributed by atoms with van der Waals surface area (Å²) in [5.41, 5.74) is 6.15.